The SMILES string of the molecule is CC(C)NCc1cc(S(=O)(=O)Nc2cccc(I)c2)cs1. The Labute approximate surface area is 143 Å². The summed E-state index contributed by atoms with van der Waals surface area (Å²) in [7, 11) is -3.52. The smallest absolute Gasteiger partial charge is 0.262 e. The number of sulfonamides is 1. The van der Waals surface area contributed by atoms with Crippen LogP contribution < -0.4 is 10.0 Å². The maximum Gasteiger partial charge on any atom is 0.262 e. The zero-order valence-electron chi connectivity index (χ0n) is 11.8. The Kier molecular flexibility index (Phi) is 5.64. The fraction of sp³-hybridized carbons (Fsp3) is 0.286. The van der Waals surface area contributed by atoms with Gasteiger partial charge in [0, 0.05) is 32.1 Å². The summed E-state index contributed by atoms with van der Waals surface area (Å²) in [6, 6.07) is 9.37. The molecule has 0 aliphatic heterocycles. The third kappa shape index (κ3) is 4.94. The van der Waals surface area contributed by atoms with Gasteiger partial charge in [0.25, 0.3) is 10.0 Å². The van der Waals surface area contributed by atoms with Gasteiger partial charge in [-0.2, -0.15) is 0 Å². The van der Waals surface area contributed by atoms with Crippen molar-refractivity contribution in [3.05, 3.63) is 44.2 Å². The number of nitrogens with one attached hydrogen (secondary N) is 2. The summed E-state index contributed by atoms with van der Waals surface area (Å²) in [4.78, 5) is 1.32. The Morgan fingerprint density at radius 2 is 2.05 bits per heavy atom. The molecule has 0 atom stereocenters. The molecule has 7 heteroatoms. The summed E-state index contributed by atoms with van der Waals surface area (Å²) in [5.41, 5.74) is 0.579. The van der Waals surface area contributed by atoms with Crippen LogP contribution in [0.15, 0.2) is 40.6 Å². The molecule has 1 aromatic carbocycles. The Balaban J connectivity index is 2.12. The lowest BCUT2D eigenvalue weighted by atomic mass is 10.3. The molecule has 1 aromatic heterocycles. The van der Waals surface area contributed by atoms with E-state index < -0.39 is 10.0 Å². The molecule has 4 nitrogen and oxygen atoms in total. The van der Waals surface area contributed by atoms with Gasteiger partial charge in [0.1, 0.15) is 0 Å². The van der Waals surface area contributed by atoms with Gasteiger partial charge in [-0.05, 0) is 46.9 Å². The molecule has 0 unspecified atom stereocenters. The summed E-state index contributed by atoms with van der Waals surface area (Å²) < 4.78 is 28.3. The minimum absolute atomic E-state index is 0.312. The van der Waals surface area contributed by atoms with Crippen molar-refractivity contribution in [1.29, 1.82) is 0 Å². The van der Waals surface area contributed by atoms with Crippen LogP contribution >= 0.6 is 33.9 Å². The lowest BCUT2D eigenvalue weighted by Crippen LogP contribution is -2.21. The van der Waals surface area contributed by atoms with Crippen LogP contribution in [-0.4, -0.2) is 14.5 Å². The highest BCUT2D eigenvalue weighted by Gasteiger charge is 2.16. The summed E-state index contributed by atoms with van der Waals surface area (Å²) in [6.45, 7) is 4.80. The van der Waals surface area contributed by atoms with Crippen molar-refractivity contribution in [2.24, 2.45) is 0 Å². The molecule has 2 aromatic rings. The van der Waals surface area contributed by atoms with Crippen LogP contribution in [0, 0.1) is 3.57 Å². The minimum atomic E-state index is -3.52. The zero-order chi connectivity index (χ0) is 15.5. The predicted molar refractivity (Wildman–Crippen MR) is 96.3 cm³/mol. The summed E-state index contributed by atoms with van der Waals surface area (Å²) in [5, 5.41) is 4.95. The van der Waals surface area contributed by atoms with Crippen LogP contribution in [0.25, 0.3) is 0 Å². The number of anilines is 1. The van der Waals surface area contributed by atoms with Crippen molar-refractivity contribution in [2.45, 2.75) is 31.3 Å². The second-order valence-corrected chi connectivity index (χ2v) is 8.82. The first kappa shape index (κ1) is 16.7. The quantitative estimate of drug-likeness (QED) is 0.680. The summed E-state index contributed by atoms with van der Waals surface area (Å²) in [5.74, 6) is 0. The molecule has 0 bridgehead atoms. The van der Waals surface area contributed by atoms with E-state index in [2.05, 4.69) is 46.5 Å². The van der Waals surface area contributed by atoms with Crippen molar-refractivity contribution in [3.63, 3.8) is 0 Å². The lowest BCUT2D eigenvalue weighted by molar-refractivity contribution is 0.592. The molecule has 114 valence electrons. The van der Waals surface area contributed by atoms with E-state index in [1.165, 1.54) is 11.3 Å². The fourth-order valence-electron chi connectivity index (χ4n) is 1.66. The third-order valence-electron chi connectivity index (χ3n) is 2.70. The van der Waals surface area contributed by atoms with Crippen LogP contribution in [0.1, 0.15) is 18.7 Å². The first-order valence-electron chi connectivity index (χ1n) is 6.46. The number of benzene rings is 1. The predicted octanol–water partition coefficient (Wildman–Crippen LogP) is 3.65. The van der Waals surface area contributed by atoms with E-state index in [-0.39, 0.29) is 0 Å². The number of hydrogen-bond acceptors (Lipinski definition) is 4. The van der Waals surface area contributed by atoms with Gasteiger partial charge in [0.05, 0.1) is 4.90 Å². The topological polar surface area (TPSA) is 58.2 Å². The van der Waals surface area contributed by atoms with Crippen LogP contribution in [0.5, 0.6) is 0 Å². The van der Waals surface area contributed by atoms with Gasteiger partial charge in [-0.3, -0.25) is 4.72 Å². The van der Waals surface area contributed by atoms with Crippen molar-refractivity contribution in [2.75, 3.05) is 4.72 Å². The molecule has 1 heterocycles. The second-order valence-electron chi connectivity index (χ2n) is 4.90. The van der Waals surface area contributed by atoms with Crippen molar-refractivity contribution in [1.82, 2.24) is 5.32 Å². The number of thiophene rings is 1. The molecule has 0 spiro atoms. The Bertz CT molecular complexity index is 711. The standard InChI is InChI=1S/C14H17IN2O2S2/c1-10(2)16-8-13-7-14(9-20-13)21(18,19)17-12-5-3-4-11(15)6-12/h3-7,9-10,16-17H,8H2,1-2H3. The van der Waals surface area contributed by atoms with Gasteiger partial charge in [0.15, 0.2) is 0 Å². The Morgan fingerprint density at radius 1 is 1.29 bits per heavy atom. The number of hydrogen-bond donors (Lipinski definition) is 2. The number of rotatable bonds is 6. The molecule has 0 saturated heterocycles. The summed E-state index contributed by atoms with van der Waals surface area (Å²) in [6.07, 6.45) is 0. The first-order valence-corrected chi connectivity index (χ1v) is 9.90. The molecule has 0 amide bonds. The second kappa shape index (κ2) is 7.08. The molecule has 2 rings (SSSR count). The van der Waals surface area contributed by atoms with E-state index in [0.717, 1.165) is 8.45 Å². The Hall–Kier alpha value is -0.640. The number of halogens is 1. The largest absolute Gasteiger partial charge is 0.310 e. The van der Waals surface area contributed by atoms with E-state index in [1.807, 2.05) is 12.1 Å². The highest BCUT2D eigenvalue weighted by molar-refractivity contribution is 14.1. The zero-order valence-corrected chi connectivity index (χ0v) is 15.6. The molecular weight excluding hydrogens is 419 g/mol. The molecule has 21 heavy (non-hydrogen) atoms. The van der Waals surface area contributed by atoms with Gasteiger partial charge >= 0.3 is 0 Å². The maximum absolute atomic E-state index is 12.3. The van der Waals surface area contributed by atoms with E-state index in [4.69, 9.17) is 0 Å². The van der Waals surface area contributed by atoms with Gasteiger partial charge < -0.3 is 5.32 Å². The van der Waals surface area contributed by atoms with Crippen molar-refractivity contribution < 1.29 is 8.42 Å². The monoisotopic (exact) mass is 436 g/mol. The average Bonchev–Trinajstić information content (AvgIpc) is 2.85. The normalized spacial score (nSPS) is 11.8. The van der Waals surface area contributed by atoms with Crippen LogP contribution in [0.4, 0.5) is 5.69 Å². The molecule has 0 aliphatic carbocycles. The first-order chi connectivity index (χ1) is 9.87. The van der Waals surface area contributed by atoms with Gasteiger partial charge in [-0.15, -0.1) is 11.3 Å². The highest BCUT2D eigenvalue weighted by Crippen LogP contribution is 2.22. The van der Waals surface area contributed by atoms with E-state index in [0.29, 0.717) is 23.2 Å². The fourth-order valence-corrected chi connectivity index (χ4v) is 4.48. The molecule has 0 saturated carbocycles. The van der Waals surface area contributed by atoms with Crippen molar-refractivity contribution in [3.8, 4) is 0 Å². The highest BCUT2D eigenvalue weighted by atomic mass is 127. The minimum Gasteiger partial charge on any atom is -0.310 e. The van der Waals surface area contributed by atoms with E-state index in [1.54, 1.807) is 23.6 Å². The maximum atomic E-state index is 12.3. The van der Waals surface area contributed by atoms with Crippen LogP contribution in [0.2, 0.25) is 0 Å². The third-order valence-corrected chi connectivity index (χ3v) is 5.82. The van der Waals surface area contributed by atoms with Crippen LogP contribution in [0.3, 0.4) is 0 Å². The molecule has 0 fully saturated rings. The van der Waals surface area contributed by atoms with Gasteiger partial charge in [-0.1, -0.05) is 19.9 Å². The molecule has 0 aliphatic rings. The molecular formula is C14H17IN2O2S2. The van der Waals surface area contributed by atoms with Gasteiger partial charge in [-0.25, -0.2) is 8.42 Å². The molecule has 0 radical (unpaired) electrons. The van der Waals surface area contributed by atoms with Gasteiger partial charge in [0.2, 0.25) is 0 Å². The van der Waals surface area contributed by atoms with Crippen molar-refractivity contribution >= 4 is 49.6 Å². The Morgan fingerprint density at radius 3 is 2.71 bits per heavy atom. The van der Waals surface area contributed by atoms with Crippen LogP contribution in [-0.2, 0) is 16.6 Å². The van der Waals surface area contributed by atoms with E-state index >= 15 is 0 Å². The molecule has 2 N–H and O–H groups in total. The summed E-state index contributed by atoms with van der Waals surface area (Å²) >= 11 is 3.60. The lowest BCUT2D eigenvalue weighted by Gasteiger charge is -2.07. The average molecular weight is 436 g/mol. The van der Waals surface area contributed by atoms with E-state index in [9.17, 15) is 8.42 Å².